The summed E-state index contributed by atoms with van der Waals surface area (Å²) in [6.45, 7) is 2.79. The molecule has 0 radical (unpaired) electrons. The van der Waals surface area contributed by atoms with Crippen LogP contribution in [0.2, 0.25) is 0 Å². The van der Waals surface area contributed by atoms with Crippen molar-refractivity contribution >= 4 is 21.6 Å². The maximum Gasteiger partial charge on any atom is 0.240 e. The molecule has 1 heterocycles. The van der Waals surface area contributed by atoms with Gasteiger partial charge in [-0.3, -0.25) is 4.79 Å². The van der Waals surface area contributed by atoms with Crippen molar-refractivity contribution in [2.24, 2.45) is 5.92 Å². The van der Waals surface area contributed by atoms with Gasteiger partial charge in [-0.25, -0.2) is 17.5 Å². The first-order valence-electron chi connectivity index (χ1n) is 11.3. The van der Waals surface area contributed by atoms with Gasteiger partial charge in [-0.1, -0.05) is 12.1 Å². The summed E-state index contributed by atoms with van der Waals surface area (Å²) in [6, 6.07) is 11.0. The third-order valence-electron chi connectivity index (χ3n) is 6.47. The molecule has 4 rings (SSSR count). The van der Waals surface area contributed by atoms with E-state index in [1.54, 1.807) is 24.3 Å². The molecule has 1 fully saturated rings. The average molecular weight is 460 g/mol. The van der Waals surface area contributed by atoms with Gasteiger partial charge >= 0.3 is 0 Å². The minimum atomic E-state index is -3.60. The highest BCUT2D eigenvalue weighted by Gasteiger charge is 2.30. The molecule has 2 aromatic carbocycles. The number of carbonyl (C=O) groups excluding carboxylic acids is 1. The maximum atomic E-state index is 13.1. The average Bonchev–Trinajstić information content (AvgIpc) is 2.79. The summed E-state index contributed by atoms with van der Waals surface area (Å²) in [5.74, 6) is -0.487. The van der Waals surface area contributed by atoms with Crippen molar-refractivity contribution in [2.75, 3.05) is 11.9 Å². The van der Waals surface area contributed by atoms with Crippen molar-refractivity contribution in [1.82, 2.24) is 10.0 Å². The summed E-state index contributed by atoms with van der Waals surface area (Å²) >= 11 is 0. The predicted molar refractivity (Wildman–Crippen MR) is 122 cm³/mol. The number of fused-ring (bicyclic) bond motifs is 1. The van der Waals surface area contributed by atoms with Gasteiger partial charge in [0.1, 0.15) is 5.82 Å². The molecule has 172 valence electrons. The number of halogens is 1. The monoisotopic (exact) mass is 459 g/mol. The van der Waals surface area contributed by atoms with Crippen molar-refractivity contribution in [3.05, 3.63) is 59.4 Å². The highest BCUT2D eigenvalue weighted by molar-refractivity contribution is 7.89. The van der Waals surface area contributed by atoms with Gasteiger partial charge in [0, 0.05) is 24.2 Å². The van der Waals surface area contributed by atoms with Crippen LogP contribution in [0.5, 0.6) is 0 Å². The SMILES string of the molecule is C[C@@H](NC(=O)[C@H]1CC[C@H](NS(=O)(=O)c2ccc3c(c2)CCCN3)CC1)c1ccc(F)cc1. The van der Waals surface area contributed by atoms with E-state index in [2.05, 4.69) is 15.4 Å². The van der Waals surface area contributed by atoms with Crippen LogP contribution in [0.15, 0.2) is 47.4 Å². The molecule has 8 heteroatoms. The van der Waals surface area contributed by atoms with Crippen LogP contribution in [0.4, 0.5) is 10.1 Å². The Hall–Kier alpha value is -2.45. The van der Waals surface area contributed by atoms with Crippen LogP contribution in [0.3, 0.4) is 0 Å². The van der Waals surface area contributed by atoms with Crippen LogP contribution < -0.4 is 15.4 Å². The van der Waals surface area contributed by atoms with Gasteiger partial charge < -0.3 is 10.6 Å². The van der Waals surface area contributed by atoms with Crippen molar-refractivity contribution in [1.29, 1.82) is 0 Å². The van der Waals surface area contributed by atoms with E-state index in [0.29, 0.717) is 30.6 Å². The van der Waals surface area contributed by atoms with E-state index >= 15 is 0 Å². The zero-order valence-corrected chi connectivity index (χ0v) is 19.1. The first-order chi connectivity index (χ1) is 15.3. The Balaban J connectivity index is 1.30. The number of nitrogens with one attached hydrogen (secondary N) is 3. The summed E-state index contributed by atoms with van der Waals surface area (Å²) in [4.78, 5) is 13.0. The fourth-order valence-corrected chi connectivity index (χ4v) is 5.90. The second kappa shape index (κ2) is 9.58. The second-order valence-corrected chi connectivity index (χ2v) is 10.5. The third-order valence-corrected chi connectivity index (χ3v) is 7.99. The quantitative estimate of drug-likeness (QED) is 0.612. The van der Waals surface area contributed by atoms with Gasteiger partial charge in [0.2, 0.25) is 15.9 Å². The van der Waals surface area contributed by atoms with E-state index in [1.165, 1.54) is 12.1 Å². The normalized spacial score (nSPS) is 21.8. The predicted octanol–water partition coefficient (Wildman–Crippen LogP) is 3.90. The van der Waals surface area contributed by atoms with Gasteiger partial charge in [-0.15, -0.1) is 0 Å². The summed E-state index contributed by atoms with van der Waals surface area (Å²) in [7, 11) is -3.60. The molecule has 1 saturated carbocycles. The molecule has 1 atom stereocenters. The molecule has 6 nitrogen and oxygen atoms in total. The summed E-state index contributed by atoms with van der Waals surface area (Å²) < 4.78 is 41.7. The Labute approximate surface area is 189 Å². The minimum absolute atomic E-state index is 0.0367. The van der Waals surface area contributed by atoms with E-state index in [1.807, 2.05) is 13.0 Å². The molecule has 2 aliphatic rings. The standard InChI is InChI=1S/C24H30FN3O3S/c1-16(17-4-8-20(25)9-5-17)27-24(29)18-6-10-21(11-7-18)28-32(30,31)22-12-13-23-19(15-22)3-2-14-26-23/h4-5,8-9,12-13,15-16,18,21,26,28H,2-3,6-7,10-11,14H2,1H3,(H,27,29)/t16-,18-,21-/m1/s1. The van der Waals surface area contributed by atoms with Crippen molar-refractivity contribution in [2.45, 2.75) is 62.4 Å². The molecular formula is C24H30FN3O3S. The zero-order chi connectivity index (χ0) is 22.7. The maximum absolute atomic E-state index is 13.1. The Morgan fingerprint density at radius 2 is 1.81 bits per heavy atom. The Kier molecular flexibility index (Phi) is 6.81. The first kappa shape index (κ1) is 22.7. The van der Waals surface area contributed by atoms with Crippen LogP contribution >= 0.6 is 0 Å². The molecule has 0 spiro atoms. The topological polar surface area (TPSA) is 87.3 Å². The summed E-state index contributed by atoms with van der Waals surface area (Å²) in [5.41, 5.74) is 2.90. The highest BCUT2D eigenvalue weighted by Crippen LogP contribution is 2.28. The molecule has 2 aromatic rings. The molecule has 1 aliphatic heterocycles. The van der Waals surface area contributed by atoms with Crippen LogP contribution in [0.1, 0.15) is 56.2 Å². The lowest BCUT2D eigenvalue weighted by Gasteiger charge is -2.29. The number of sulfonamides is 1. The number of benzene rings is 2. The Morgan fingerprint density at radius 1 is 1.09 bits per heavy atom. The number of hydrogen-bond acceptors (Lipinski definition) is 4. The number of aryl methyl sites for hydroxylation is 1. The lowest BCUT2D eigenvalue weighted by atomic mass is 9.85. The van der Waals surface area contributed by atoms with Gasteiger partial charge in [-0.2, -0.15) is 0 Å². The van der Waals surface area contributed by atoms with E-state index in [0.717, 1.165) is 36.2 Å². The number of rotatable bonds is 6. The van der Waals surface area contributed by atoms with E-state index in [4.69, 9.17) is 0 Å². The van der Waals surface area contributed by atoms with Gasteiger partial charge in [0.15, 0.2) is 0 Å². The molecule has 32 heavy (non-hydrogen) atoms. The van der Waals surface area contributed by atoms with Crippen molar-refractivity contribution in [3.63, 3.8) is 0 Å². The minimum Gasteiger partial charge on any atom is -0.385 e. The van der Waals surface area contributed by atoms with Gasteiger partial charge in [-0.05, 0) is 86.9 Å². The number of amides is 1. The van der Waals surface area contributed by atoms with Gasteiger partial charge in [0.25, 0.3) is 0 Å². The van der Waals surface area contributed by atoms with Crippen molar-refractivity contribution < 1.29 is 17.6 Å². The van der Waals surface area contributed by atoms with Crippen LogP contribution in [0.25, 0.3) is 0 Å². The molecule has 1 aliphatic carbocycles. The fraction of sp³-hybridized carbons (Fsp3) is 0.458. The van der Waals surface area contributed by atoms with Crippen LogP contribution in [-0.4, -0.2) is 26.9 Å². The molecule has 3 N–H and O–H groups in total. The Bertz CT molecular complexity index is 1060. The molecule has 1 amide bonds. The lowest BCUT2D eigenvalue weighted by Crippen LogP contribution is -2.41. The first-order valence-corrected chi connectivity index (χ1v) is 12.7. The van der Waals surface area contributed by atoms with E-state index in [-0.39, 0.29) is 29.7 Å². The summed E-state index contributed by atoms with van der Waals surface area (Å²) in [5, 5.41) is 6.29. The molecule has 0 unspecified atom stereocenters. The molecule has 0 bridgehead atoms. The number of hydrogen-bond donors (Lipinski definition) is 3. The van der Waals surface area contributed by atoms with Gasteiger partial charge in [0.05, 0.1) is 10.9 Å². The molecule has 0 saturated heterocycles. The van der Waals surface area contributed by atoms with Crippen molar-refractivity contribution in [3.8, 4) is 0 Å². The number of anilines is 1. The third kappa shape index (κ3) is 5.30. The fourth-order valence-electron chi connectivity index (χ4n) is 4.55. The zero-order valence-electron chi connectivity index (χ0n) is 18.2. The highest BCUT2D eigenvalue weighted by atomic mass is 32.2. The van der Waals surface area contributed by atoms with Crippen LogP contribution in [0, 0.1) is 11.7 Å². The van der Waals surface area contributed by atoms with E-state index < -0.39 is 10.0 Å². The lowest BCUT2D eigenvalue weighted by molar-refractivity contribution is -0.126. The molecule has 0 aromatic heterocycles. The Morgan fingerprint density at radius 3 is 2.53 bits per heavy atom. The number of carbonyl (C=O) groups is 1. The summed E-state index contributed by atoms with van der Waals surface area (Å²) in [6.07, 6.45) is 4.37. The van der Waals surface area contributed by atoms with E-state index in [9.17, 15) is 17.6 Å². The smallest absolute Gasteiger partial charge is 0.240 e. The largest absolute Gasteiger partial charge is 0.385 e. The van der Waals surface area contributed by atoms with Crippen LogP contribution in [-0.2, 0) is 21.2 Å². The molecular weight excluding hydrogens is 429 g/mol. The second-order valence-electron chi connectivity index (χ2n) is 8.80.